The first kappa shape index (κ1) is 16.8. The average molecular weight is 284 g/mol. The normalized spacial score (nSPS) is 21.5. The van der Waals surface area contributed by atoms with Crippen molar-refractivity contribution in [1.29, 1.82) is 0 Å². The van der Waals surface area contributed by atoms with Crippen LogP contribution in [0.4, 0.5) is 0 Å². The van der Waals surface area contributed by atoms with Crippen LogP contribution < -0.4 is 5.73 Å². The van der Waals surface area contributed by atoms with Crippen LogP contribution in [0.5, 0.6) is 0 Å². The van der Waals surface area contributed by atoms with E-state index in [1.165, 1.54) is 0 Å². The van der Waals surface area contributed by atoms with Crippen molar-refractivity contribution >= 4 is 11.7 Å². The van der Waals surface area contributed by atoms with Crippen molar-refractivity contribution in [2.24, 2.45) is 22.2 Å². The Bertz CT molecular complexity index is 364. The molecule has 1 heterocycles. The Morgan fingerprint density at radius 2 is 2.05 bits per heavy atom. The Morgan fingerprint density at radius 3 is 2.50 bits per heavy atom. The summed E-state index contributed by atoms with van der Waals surface area (Å²) in [6.07, 6.45) is 2.74. The fraction of sp³-hybridized carbons (Fsp3) is 0.857. The van der Waals surface area contributed by atoms with Gasteiger partial charge in [-0.25, -0.2) is 0 Å². The molecule has 116 valence electrons. The van der Waals surface area contributed by atoms with Crippen LogP contribution >= 0.6 is 0 Å². The van der Waals surface area contributed by atoms with E-state index >= 15 is 0 Å². The van der Waals surface area contributed by atoms with E-state index < -0.39 is 5.41 Å². The first-order valence-corrected chi connectivity index (χ1v) is 7.27. The predicted molar refractivity (Wildman–Crippen MR) is 79.7 cm³/mol. The lowest BCUT2D eigenvalue weighted by molar-refractivity contribution is -0.137. The molecule has 1 unspecified atom stereocenters. The fourth-order valence-corrected chi connectivity index (χ4v) is 2.69. The van der Waals surface area contributed by atoms with Crippen LogP contribution in [0.15, 0.2) is 5.16 Å². The van der Waals surface area contributed by atoms with Crippen molar-refractivity contribution in [2.75, 3.05) is 33.7 Å². The van der Waals surface area contributed by atoms with Crippen LogP contribution in [-0.2, 0) is 4.79 Å². The molecular formula is C14H28N4O2. The number of carbonyl (C=O) groups is 1. The summed E-state index contributed by atoms with van der Waals surface area (Å²) in [6.45, 7) is 6.51. The quantitative estimate of drug-likeness (QED) is 0.341. The van der Waals surface area contributed by atoms with E-state index in [4.69, 9.17) is 10.9 Å². The molecule has 1 saturated heterocycles. The van der Waals surface area contributed by atoms with Gasteiger partial charge in [-0.2, -0.15) is 0 Å². The third-order valence-electron chi connectivity index (χ3n) is 4.57. The zero-order valence-corrected chi connectivity index (χ0v) is 13.1. The van der Waals surface area contributed by atoms with Crippen molar-refractivity contribution in [3.8, 4) is 0 Å². The molecule has 1 amide bonds. The highest BCUT2D eigenvalue weighted by Gasteiger charge is 2.39. The summed E-state index contributed by atoms with van der Waals surface area (Å²) in [4.78, 5) is 16.6. The van der Waals surface area contributed by atoms with Crippen LogP contribution in [-0.4, -0.2) is 60.5 Å². The van der Waals surface area contributed by atoms with Crippen LogP contribution in [0.3, 0.4) is 0 Å². The van der Waals surface area contributed by atoms with Gasteiger partial charge in [0.15, 0.2) is 5.84 Å². The molecule has 6 heteroatoms. The first-order chi connectivity index (χ1) is 9.35. The molecule has 0 radical (unpaired) electrons. The molecule has 1 aliphatic rings. The molecule has 0 aromatic heterocycles. The lowest BCUT2D eigenvalue weighted by Gasteiger charge is -2.35. The van der Waals surface area contributed by atoms with Crippen molar-refractivity contribution < 1.29 is 10.0 Å². The van der Waals surface area contributed by atoms with Gasteiger partial charge in [0.1, 0.15) is 5.41 Å². The van der Waals surface area contributed by atoms with Crippen LogP contribution in [0.1, 0.15) is 33.1 Å². The number of hydrogen-bond donors (Lipinski definition) is 2. The standard InChI is InChI=1S/C14H28N4O2/c1-5-14(2,12(15)16-20)13(19)18(4)10-11-6-8-17(3)9-7-11/h11,20H,5-10H2,1-4H3,(H2,15,16). The molecule has 1 atom stereocenters. The molecule has 0 bridgehead atoms. The fourth-order valence-electron chi connectivity index (χ4n) is 2.69. The Balaban J connectivity index is 2.66. The summed E-state index contributed by atoms with van der Waals surface area (Å²) < 4.78 is 0. The highest BCUT2D eigenvalue weighted by Crippen LogP contribution is 2.26. The predicted octanol–water partition coefficient (Wildman–Crippen LogP) is 0.949. The SMILES string of the molecule is CCC(C)(C(=O)N(C)CC1CCN(C)CC1)C(N)=NO. The third kappa shape index (κ3) is 3.62. The molecule has 0 aliphatic carbocycles. The summed E-state index contributed by atoms with van der Waals surface area (Å²) in [5, 5.41) is 11.9. The van der Waals surface area contributed by atoms with Crippen molar-refractivity contribution in [3.63, 3.8) is 0 Å². The first-order valence-electron chi connectivity index (χ1n) is 7.27. The topological polar surface area (TPSA) is 82.2 Å². The van der Waals surface area contributed by atoms with E-state index in [0.717, 1.165) is 32.5 Å². The Morgan fingerprint density at radius 1 is 1.50 bits per heavy atom. The number of oxime groups is 1. The zero-order chi connectivity index (χ0) is 15.3. The maximum Gasteiger partial charge on any atom is 0.235 e. The Labute approximate surface area is 121 Å². The number of nitrogens with zero attached hydrogens (tertiary/aromatic N) is 3. The number of nitrogens with two attached hydrogens (primary N) is 1. The van der Waals surface area contributed by atoms with E-state index in [0.29, 0.717) is 12.3 Å². The minimum atomic E-state index is -0.922. The minimum Gasteiger partial charge on any atom is -0.409 e. The number of rotatable bonds is 5. The van der Waals surface area contributed by atoms with Crippen LogP contribution in [0.25, 0.3) is 0 Å². The van der Waals surface area contributed by atoms with E-state index in [9.17, 15) is 4.79 Å². The molecular weight excluding hydrogens is 256 g/mol. The van der Waals surface area contributed by atoms with Gasteiger partial charge in [0.2, 0.25) is 5.91 Å². The molecule has 1 aliphatic heterocycles. The number of piperidine rings is 1. The van der Waals surface area contributed by atoms with Gasteiger partial charge in [0.25, 0.3) is 0 Å². The van der Waals surface area contributed by atoms with Crippen molar-refractivity contribution in [2.45, 2.75) is 33.1 Å². The molecule has 6 nitrogen and oxygen atoms in total. The molecule has 0 saturated carbocycles. The van der Waals surface area contributed by atoms with Gasteiger partial charge in [0, 0.05) is 13.6 Å². The zero-order valence-electron chi connectivity index (χ0n) is 13.1. The number of hydrogen-bond acceptors (Lipinski definition) is 4. The maximum atomic E-state index is 12.6. The van der Waals surface area contributed by atoms with Gasteiger partial charge >= 0.3 is 0 Å². The second-order valence-corrected chi connectivity index (χ2v) is 6.10. The Hall–Kier alpha value is -1.30. The van der Waals surface area contributed by atoms with Gasteiger partial charge in [-0.05, 0) is 52.2 Å². The van der Waals surface area contributed by atoms with Gasteiger partial charge in [-0.1, -0.05) is 12.1 Å². The second kappa shape index (κ2) is 6.92. The summed E-state index contributed by atoms with van der Waals surface area (Å²) in [5.74, 6) is 0.447. The molecule has 1 rings (SSSR count). The van der Waals surface area contributed by atoms with Crippen molar-refractivity contribution in [1.82, 2.24) is 9.80 Å². The lowest BCUT2D eigenvalue weighted by atomic mass is 9.84. The van der Waals surface area contributed by atoms with Gasteiger partial charge < -0.3 is 20.7 Å². The molecule has 0 aromatic carbocycles. The van der Waals surface area contributed by atoms with Gasteiger partial charge in [-0.3, -0.25) is 4.79 Å². The van der Waals surface area contributed by atoms with Gasteiger partial charge in [0.05, 0.1) is 0 Å². The van der Waals surface area contributed by atoms with Crippen LogP contribution in [0, 0.1) is 11.3 Å². The Kier molecular flexibility index (Phi) is 5.80. The second-order valence-electron chi connectivity index (χ2n) is 6.10. The molecule has 20 heavy (non-hydrogen) atoms. The molecule has 3 N–H and O–H groups in total. The van der Waals surface area contributed by atoms with E-state index in [1.807, 2.05) is 6.92 Å². The number of amidine groups is 1. The molecule has 0 spiro atoms. The number of likely N-dealkylation sites (tertiary alicyclic amines) is 1. The highest BCUT2D eigenvalue weighted by atomic mass is 16.4. The third-order valence-corrected chi connectivity index (χ3v) is 4.57. The molecule has 1 fully saturated rings. The molecule has 0 aromatic rings. The summed E-state index contributed by atoms with van der Waals surface area (Å²) in [7, 11) is 3.93. The monoisotopic (exact) mass is 284 g/mol. The largest absolute Gasteiger partial charge is 0.409 e. The summed E-state index contributed by atoms with van der Waals surface area (Å²) in [6, 6.07) is 0. The van der Waals surface area contributed by atoms with E-state index in [-0.39, 0.29) is 11.7 Å². The average Bonchev–Trinajstić information content (AvgIpc) is 2.46. The lowest BCUT2D eigenvalue weighted by Crippen LogP contribution is -2.49. The summed E-state index contributed by atoms with van der Waals surface area (Å²) >= 11 is 0. The van der Waals surface area contributed by atoms with Gasteiger partial charge in [-0.15, -0.1) is 0 Å². The van der Waals surface area contributed by atoms with E-state index in [2.05, 4.69) is 17.1 Å². The van der Waals surface area contributed by atoms with Crippen LogP contribution in [0.2, 0.25) is 0 Å². The highest BCUT2D eigenvalue weighted by molar-refractivity contribution is 6.06. The number of amides is 1. The van der Waals surface area contributed by atoms with Crippen molar-refractivity contribution in [3.05, 3.63) is 0 Å². The smallest absolute Gasteiger partial charge is 0.235 e. The van der Waals surface area contributed by atoms with E-state index in [1.54, 1.807) is 18.9 Å². The number of carbonyl (C=O) groups excluding carboxylic acids is 1. The summed E-state index contributed by atoms with van der Waals surface area (Å²) in [5.41, 5.74) is 4.78. The maximum absolute atomic E-state index is 12.6. The minimum absolute atomic E-state index is 0.0137.